The van der Waals surface area contributed by atoms with Crippen molar-refractivity contribution >= 4 is 40.4 Å². The maximum Gasteiger partial charge on any atom is 0.170 e. The molecule has 0 aliphatic carbocycles. The molecule has 0 radical (unpaired) electrons. The highest BCUT2D eigenvalue weighted by molar-refractivity contribution is 6.39. The summed E-state index contributed by atoms with van der Waals surface area (Å²) < 4.78 is 0. The van der Waals surface area contributed by atoms with Gasteiger partial charge in [0.1, 0.15) is 0 Å². The van der Waals surface area contributed by atoms with Crippen molar-refractivity contribution in [2.45, 2.75) is 27.7 Å². The Kier molecular flexibility index (Phi) is 4.84. The topological polar surface area (TPSA) is 29.1 Å². The van der Waals surface area contributed by atoms with E-state index in [1.54, 1.807) is 6.07 Å². The maximum absolute atomic E-state index is 12.6. The molecule has 0 aliphatic heterocycles. The van der Waals surface area contributed by atoms with E-state index >= 15 is 0 Å². The first-order valence-corrected chi connectivity index (χ1v) is 7.83. The Bertz CT molecular complexity index is 718. The Morgan fingerprint density at radius 2 is 1.68 bits per heavy atom. The highest BCUT2D eigenvalue weighted by atomic mass is 35.5. The number of anilines is 2. The average Bonchev–Trinajstić information content (AvgIpc) is 2.46. The molecule has 0 spiro atoms. The summed E-state index contributed by atoms with van der Waals surface area (Å²) in [6.07, 6.45) is 0. The zero-order chi connectivity index (χ0) is 16.5. The van der Waals surface area contributed by atoms with E-state index in [0.29, 0.717) is 27.0 Å². The summed E-state index contributed by atoms with van der Waals surface area (Å²) in [5.41, 5.74) is 2.42. The van der Waals surface area contributed by atoms with Crippen LogP contribution < -0.4 is 5.32 Å². The molecule has 0 fully saturated rings. The van der Waals surface area contributed by atoms with Crippen LogP contribution in [0.4, 0.5) is 11.4 Å². The van der Waals surface area contributed by atoms with Crippen LogP contribution in [0.15, 0.2) is 36.4 Å². The third-order valence-electron chi connectivity index (χ3n) is 3.40. The summed E-state index contributed by atoms with van der Waals surface area (Å²) >= 11 is 12.6. The first-order valence-electron chi connectivity index (χ1n) is 7.07. The number of rotatable bonds is 3. The lowest BCUT2D eigenvalue weighted by Gasteiger charge is -2.20. The molecule has 0 saturated carbocycles. The SMILES string of the molecule is Cc1ccc(Cl)c(Nc2ccccc2C(=O)C(C)(C)C)c1Cl. The smallest absolute Gasteiger partial charge is 0.170 e. The molecule has 0 bridgehead atoms. The molecule has 1 N–H and O–H groups in total. The Morgan fingerprint density at radius 3 is 2.32 bits per heavy atom. The lowest BCUT2D eigenvalue weighted by Crippen LogP contribution is -2.21. The van der Waals surface area contributed by atoms with Crippen LogP contribution >= 0.6 is 23.2 Å². The fourth-order valence-electron chi connectivity index (χ4n) is 2.10. The van der Waals surface area contributed by atoms with Gasteiger partial charge < -0.3 is 5.32 Å². The predicted octanol–water partition coefficient (Wildman–Crippen LogP) is 6.27. The number of benzene rings is 2. The van der Waals surface area contributed by atoms with Gasteiger partial charge in [0, 0.05) is 16.7 Å². The average molecular weight is 336 g/mol. The summed E-state index contributed by atoms with van der Waals surface area (Å²) in [6, 6.07) is 11.0. The van der Waals surface area contributed by atoms with E-state index in [1.807, 2.05) is 58.0 Å². The van der Waals surface area contributed by atoms with E-state index < -0.39 is 5.41 Å². The standard InChI is InChI=1S/C18H19Cl2NO/c1-11-9-10-13(19)16(15(11)20)21-14-8-6-5-7-12(14)17(22)18(2,3)4/h5-10,21H,1-4H3. The molecule has 0 aliphatic rings. The van der Waals surface area contributed by atoms with Crippen LogP contribution in [0.2, 0.25) is 10.0 Å². The van der Waals surface area contributed by atoms with Gasteiger partial charge in [-0.25, -0.2) is 0 Å². The number of hydrogen-bond acceptors (Lipinski definition) is 2. The van der Waals surface area contributed by atoms with E-state index in [-0.39, 0.29) is 5.78 Å². The predicted molar refractivity (Wildman–Crippen MR) is 94.7 cm³/mol. The quantitative estimate of drug-likeness (QED) is 0.669. The maximum atomic E-state index is 12.6. The van der Waals surface area contributed by atoms with Crippen LogP contribution in [-0.4, -0.2) is 5.78 Å². The lowest BCUT2D eigenvalue weighted by molar-refractivity contribution is 0.0859. The minimum absolute atomic E-state index is 0.0653. The monoisotopic (exact) mass is 335 g/mol. The molecule has 0 heterocycles. The van der Waals surface area contributed by atoms with Gasteiger partial charge in [-0.15, -0.1) is 0 Å². The zero-order valence-electron chi connectivity index (χ0n) is 13.1. The summed E-state index contributed by atoms with van der Waals surface area (Å²) in [6.45, 7) is 7.62. The second-order valence-corrected chi connectivity index (χ2v) is 7.09. The van der Waals surface area contributed by atoms with Gasteiger partial charge in [0.2, 0.25) is 0 Å². The Hall–Kier alpha value is -1.51. The van der Waals surface area contributed by atoms with E-state index in [4.69, 9.17) is 23.2 Å². The van der Waals surface area contributed by atoms with Crippen LogP contribution in [-0.2, 0) is 0 Å². The molecule has 0 saturated heterocycles. The normalized spacial score (nSPS) is 11.4. The molecule has 0 amide bonds. The van der Waals surface area contributed by atoms with Gasteiger partial charge in [-0.05, 0) is 30.7 Å². The molecule has 0 atom stereocenters. The number of nitrogens with one attached hydrogen (secondary N) is 1. The van der Waals surface area contributed by atoms with Gasteiger partial charge in [-0.2, -0.15) is 0 Å². The Morgan fingerprint density at radius 1 is 1.05 bits per heavy atom. The van der Waals surface area contributed by atoms with Gasteiger partial charge >= 0.3 is 0 Å². The largest absolute Gasteiger partial charge is 0.352 e. The fraction of sp³-hybridized carbons (Fsp3) is 0.278. The van der Waals surface area contributed by atoms with E-state index in [9.17, 15) is 4.79 Å². The molecule has 0 aromatic heterocycles. The molecule has 22 heavy (non-hydrogen) atoms. The number of para-hydroxylation sites is 1. The number of carbonyl (C=O) groups is 1. The van der Waals surface area contributed by atoms with Crippen LogP contribution in [0.25, 0.3) is 0 Å². The van der Waals surface area contributed by atoms with Crippen molar-refractivity contribution in [2.24, 2.45) is 5.41 Å². The van der Waals surface area contributed by atoms with Crippen molar-refractivity contribution < 1.29 is 4.79 Å². The third kappa shape index (κ3) is 3.45. The molecule has 4 heteroatoms. The molecule has 2 rings (SSSR count). The first kappa shape index (κ1) is 16.9. The summed E-state index contributed by atoms with van der Waals surface area (Å²) in [7, 11) is 0. The van der Waals surface area contributed by atoms with Gasteiger partial charge in [0.25, 0.3) is 0 Å². The second-order valence-electron chi connectivity index (χ2n) is 6.30. The Balaban J connectivity index is 2.49. The minimum atomic E-state index is -0.460. The molecule has 2 nitrogen and oxygen atoms in total. The molecule has 2 aromatic carbocycles. The van der Waals surface area contributed by atoms with Crippen molar-refractivity contribution in [2.75, 3.05) is 5.32 Å². The molecule has 2 aromatic rings. The van der Waals surface area contributed by atoms with Crippen molar-refractivity contribution in [3.05, 3.63) is 57.6 Å². The van der Waals surface area contributed by atoms with Gasteiger partial charge in [-0.1, -0.05) is 62.2 Å². The third-order valence-corrected chi connectivity index (χ3v) is 4.20. The fourth-order valence-corrected chi connectivity index (χ4v) is 2.57. The molecule has 0 unspecified atom stereocenters. The lowest BCUT2D eigenvalue weighted by atomic mass is 9.86. The number of halogens is 2. The van der Waals surface area contributed by atoms with E-state index in [1.165, 1.54) is 0 Å². The number of ketones is 1. The van der Waals surface area contributed by atoms with E-state index in [0.717, 1.165) is 5.56 Å². The van der Waals surface area contributed by atoms with Crippen molar-refractivity contribution in [1.82, 2.24) is 0 Å². The highest BCUT2D eigenvalue weighted by Gasteiger charge is 2.25. The zero-order valence-corrected chi connectivity index (χ0v) is 14.6. The van der Waals surface area contributed by atoms with E-state index in [2.05, 4.69) is 5.32 Å². The Labute approximate surface area is 141 Å². The molecular weight excluding hydrogens is 317 g/mol. The van der Waals surface area contributed by atoms with Crippen LogP contribution in [0.5, 0.6) is 0 Å². The molecule has 116 valence electrons. The molecular formula is C18H19Cl2NO. The van der Waals surface area contributed by atoms with Crippen molar-refractivity contribution in [1.29, 1.82) is 0 Å². The number of Topliss-reactive ketones (excluding diaryl/α,β-unsaturated/α-hetero) is 1. The van der Waals surface area contributed by atoms with Gasteiger partial charge in [-0.3, -0.25) is 4.79 Å². The van der Waals surface area contributed by atoms with Crippen molar-refractivity contribution in [3.8, 4) is 0 Å². The second kappa shape index (κ2) is 6.31. The van der Waals surface area contributed by atoms with Gasteiger partial charge in [0.05, 0.1) is 15.7 Å². The minimum Gasteiger partial charge on any atom is -0.352 e. The number of hydrogen-bond donors (Lipinski definition) is 1. The number of aryl methyl sites for hydroxylation is 1. The van der Waals surface area contributed by atoms with Crippen LogP contribution in [0, 0.1) is 12.3 Å². The first-order chi connectivity index (χ1) is 10.2. The summed E-state index contributed by atoms with van der Waals surface area (Å²) in [5, 5.41) is 4.30. The van der Waals surface area contributed by atoms with Gasteiger partial charge in [0.15, 0.2) is 5.78 Å². The van der Waals surface area contributed by atoms with Crippen molar-refractivity contribution in [3.63, 3.8) is 0 Å². The van der Waals surface area contributed by atoms with Crippen LogP contribution in [0.3, 0.4) is 0 Å². The highest BCUT2D eigenvalue weighted by Crippen LogP contribution is 2.36. The summed E-state index contributed by atoms with van der Waals surface area (Å²) in [5.74, 6) is 0.0653. The summed E-state index contributed by atoms with van der Waals surface area (Å²) in [4.78, 5) is 12.6. The number of carbonyl (C=O) groups excluding carboxylic acids is 1. The van der Waals surface area contributed by atoms with Crippen LogP contribution in [0.1, 0.15) is 36.7 Å².